The fraction of sp³-hybridized carbons (Fsp3) is 0.769. The SMILES string of the molecule is CC(C)(C)OC(=O)CCOCCOCCO/C=C/N. The molecule has 2 N–H and O–H groups in total. The first-order chi connectivity index (χ1) is 8.95. The topological polar surface area (TPSA) is 80.0 Å². The molecule has 0 unspecified atom stereocenters. The Bertz CT molecular complexity index is 260. The lowest BCUT2D eigenvalue weighted by molar-refractivity contribution is -0.156. The summed E-state index contributed by atoms with van der Waals surface area (Å²) < 4.78 is 20.6. The molecule has 0 aliphatic rings. The molecule has 0 amide bonds. The predicted octanol–water partition coefficient (Wildman–Crippen LogP) is 1.20. The van der Waals surface area contributed by atoms with Crippen LogP contribution in [0.4, 0.5) is 0 Å². The van der Waals surface area contributed by atoms with Crippen molar-refractivity contribution in [2.75, 3.05) is 33.0 Å². The maximum atomic E-state index is 11.3. The summed E-state index contributed by atoms with van der Waals surface area (Å²) in [6.07, 6.45) is 2.97. The van der Waals surface area contributed by atoms with E-state index in [0.29, 0.717) is 33.0 Å². The summed E-state index contributed by atoms with van der Waals surface area (Å²) in [6, 6.07) is 0. The number of hydrogen-bond donors (Lipinski definition) is 1. The molecule has 0 spiro atoms. The minimum absolute atomic E-state index is 0.252. The van der Waals surface area contributed by atoms with Crippen LogP contribution in [0.1, 0.15) is 27.2 Å². The van der Waals surface area contributed by atoms with Gasteiger partial charge >= 0.3 is 5.97 Å². The molecule has 0 saturated heterocycles. The first-order valence-electron chi connectivity index (χ1n) is 6.31. The van der Waals surface area contributed by atoms with Gasteiger partial charge < -0.3 is 24.7 Å². The smallest absolute Gasteiger partial charge is 0.308 e. The molecule has 6 heteroatoms. The lowest BCUT2D eigenvalue weighted by Crippen LogP contribution is -2.24. The van der Waals surface area contributed by atoms with E-state index in [4.69, 9.17) is 24.7 Å². The normalized spacial score (nSPS) is 11.7. The number of carbonyl (C=O) groups excluding carboxylic acids is 1. The van der Waals surface area contributed by atoms with Crippen molar-refractivity contribution in [2.45, 2.75) is 32.8 Å². The number of rotatable bonds is 10. The molecule has 19 heavy (non-hydrogen) atoms. The van der Waals surface area contributed by atoms with Crippen LogP contribution in [0.15, 0.2) is 12.5 Å². The zero-order chi connectivity index (χ0) is 14.6. The van der Waals surface area contributed by atoms with Gasteiger partial charge in [-0.1, -0.05) is 0 Å². The highest BCUT2D eigenvalue weighted by Gasteiger charge is 2.15. The minimum atomic E-state index is -0.446. The second kappa shape index (κ2) is 10.6. The van der Waals surface area contributed by atoms with Crippen molar-refractivity contribution < 1.29 is 23.7 Å². The van der Waals surface area contributed by atoms with E-state index in [9.17, 15) is 4.79 Å². The average molecular weight is 275 g/mol. The van der Waals surface area contributed by atoms with Crippen molar-refractivity contribution >= 4 is 5.97 Å². The molecule has 0 aliphatic heterocycles. The fourth-order valence-electron chi connectivity index (χ4n) is 1.10. The Morgan fingerprint density at radius 3 is 2.21 bits per heavy atom. The summed E-state index contributed by atoms with van der Waals surface area (Å²) in [7, 11) is 0. The Morgan fingerprint density at radius 1 is 1.05 bits per heavy atom. The average Bonchev–Trinajstić information content (AvgIpc) is 2.29. The second-order valence-corrected chi connectivity index (χ2v) is 4.76. The van der Waals surface area contributed by atoms with Crippen LogP contribution in [0.5, 0.6) is 0 Å². The van der Waals surface area contributed by atoms with Crippen molar-refractivity contribution in [1.29, 1.82) is 0 Å². The summed E-state index contributed by atoms with van der Waals surface area (Å²) in [6.45, 7) is 7.67. The van der Waals surface area contributed by atoms with Gasteiger partial charge in [0.05, 0.1) is 39.1 Å². The molecule has 0 aromatic carbocycles. The lowest BCUT2D eigenvalue weighted by Gasteiger charge is -2.19. The van der Waals surface area contributed by atoms with E-state index in [2.05, 4.69) is 0 Å². The first-order valence-corrected chi connectivity index (χ1v) is 6.31. The van der Waals surface area contributed by atoms with Crippen LogP contribution in [-0.4, -0.2) is 44.6 Å². The molecule has 0 saturated carbocycles. The molecule has 112 valence electrons. The van der Waals surface area contributed by atoms with Gasteiger partial charge in [-0.05, 0) is 20.8 Å². The Labute approximate surface area is 114 Å². The highest BCUT2D eigenvalue weighted by atomic mass is 16.6. The third-order valence-corrected chi connectivity index (χ3v) is 1.76. The van der Waals surface area contributed by atoms with E-state index in [1.165, 1.54) is 12.5 Å². The van der Waals surface area contributed by atoms with E-state index in [1.807, 2.05) is 20.8 Å². The highest BCUT2D eigenvalue weighted by molar-refractivity contribution is 5.69. The van der Waals surface area contributed by atoms with Gasteiger partial charge in [-0.25, -0.2) is 0 Å². The van der Waals surface area contributed by atoms with Crippen LogP contribution < -0.4 is 5.73 Å². The number of esters is 1. The fourth-order valence-corrected chi connectivity index (χ4v) is 1.10. The quantitative estimate of drug-likeness (QED) is 0.366. The van der Waals surface area contributed by atoms with Crippen LogP contribution in [0, 0.1) is 0 Å². The second-order valence-electron chi connectivity index (χ2n) is 4.76. The van der Waals surface area contributed by atoms with Crippen LogP contribution >= 0.6 is 0 Å². The van der Waals surface area contributed by atoms with Gasteiger partial charge in [0.15, 0.2) is 0 Å². The summed E-state index contributed by atoms with van der Waals surface area (Å²) >= 11 is 0. The van der Waals surface area contributed by atoms with Crippen molar-refractivity contribution in [3.05, 3.63) is 12.5 Å². The predicted molar refractivity (Wildman–Crippen MR) is 71.4 cm³/mol. The van der Waals surface area contributed by atoms with Crippen molar-refractivity contribution in [1.82, 2.24) is 0 Å². The third kappa shape index (κ3) is 14.7. The first kappa shape index (κ1) is 17.7. The maximum Gasteiger partial charge on any atom is 0.308 e. The van der Waals surface area contributed by atoms with E-state index in [-0.39, 0.29) is 12.4 Å². The molecular formula is C13H25NO5. The van der Waals surface area contributed by atoms with Crippen LogP contribution in [0.3, 0.4) is 0 Å². The molecule has 0 aliphatic carbocycles. The molecule has 0 heterocycles. The van der Waals surface area contributed by atoms with Gasteiger partial charge in [-0.15, -0.1) is 0 Å². The van der Waals surface area contributed by atoms with Crippen LogP contribution in [-0.2, 0) is 23.7 Å². The molecule has 0 fully saturated rings. The number of carbonyl (C=O) groups is 1. The summed E-state index contributed by atoms with van der Waals surface area (Å²) in [4.78, 5) is 11.3. The Balaban J connectivity index is 3.25. The van der Waals surface area contributed by atoms with Crippen LogP contribution in [0.2, 0.25) is 0 Å². The summed E-state index contributed by atoms with van der Waals surface area (Å²) in [5.41, 5.74) is 4.64. The minimum Gasteiger partial charge on any atom is -0.497 e. The lowest BCUT2D eigenvalue weighted by atomic mass is 10.2. The number of hydrogen-bond acceptors (Lipinski definition) is 6. The molecule has 0 aromatic heterocycles. The monoisotopic (exact) mass is 275 g/mol. The molecule has 0 atom stereocenters. The van der Waals surface area contributed by atoms with Gasteiger partial charge in [-0.3, -0.25) is 4.79 Å². The largest absolute Gasteiger partial charge is 0.497 e. The Morgan fingerprint density at radius 2 is 1.63 bits per heavy atom. The van der Waals surface area contributed by atoms with Gasteiger partial charge in [0.25, 0.3) is 0 Å². The number of ether oxygens (including phenoxy) is 4. The Kier molecular flexibility index (Phi) is 9.92. The van der Waals surface area contributed by atoms with Crippen molar-refractivity contribution in [3.63, 3.8) is 0 Å². The van der Waals surface area contributed by atoms with Crippen molar-refractivity contribution in [3.8, 4) is 0 Å². The summed E-state index contributed by atoms with van der Waals surface area (Å²) in [5.74, 6) is -0.254. The molecule has 0 aromatic rings. The highest BCUT2D eigenvalue weighted by Crippen LogP contribution is 2.07. The van der Waals surface area contributed by atoms with Gasteiger partial charge in [-0.2, -0.15) is 0 Å². The van der Waals surface area contributed by atoms with E-state index >= 15 is 0 Å². The molecular weight excluding hydrogens is 250 g/mol. The van der Waals surface area contributed by atoms with Crippen molar-refractivity contribution in [2.24, 2.45) is 5.73 Å². The third-order valence-electron chi connectivity index (χ3n) is 1.76. The molecule has 6 nitrogen and oxygen atoms in total. The molecule has 0 rings (SSSR count). The van der Waals surface area contributed by atoms with Gasteiger partial charge in [0, 0.05) is 6.20 Å². The van der Waals surface area contributed by atoms with Gasteiger partial charge in [0.2, 0.25) is 0 Å². The standard InChI is InChI=1S/C13H25NO5/c1-13(2,3)19-12(15)4-6-16-8-10-18-11-9-17-7-5-14/h5,7H,4,6,8-11,14H2,1-3H3/b7-5+. The zero-order valence-corrected chi connectivity index (χ0v) is 12.0. The molecule has 0 radical (unpaired) electrons. The van der Waals surface area contributed by atoms with E-state index in [1.54, 1.807) is 0 Å². The Hall–Kier alpha value is -1.27. The van der Waals surface area contributed by atoms with E-state index in [0.717, 1.165) is 0 Å². The molecule has 0 bridgehead atoms. The van der Waals surface area contributed by atoms with E-state index < -0.39 is 5.60 Å². The number of nitrogens with two attached hydrogens (primary N) is 1. The zero-order valence-electron chi connectivity index (χ0n) is 12.0. The van der Waals surface area contributed by atoms with Crippen LogP contribution in [0.25, 0.3) is 0 Å². The summed E-state index contributed by atoms with van der Waals surface area (Å²) in [5, 5.41) is 0. The maximum absolute atomic E-state index is 11.3. The van der Waals surface area contributed by atoms with Gasteiger partial charge in [0.1, 0.15) is 12.2 Å².